The number of cyclic esters (lactones) is 1. The molecule has 4 N–H and O–H groups in total. The Kier molecular flexibility index (Phi) is 25.7. The normalized spacial score (nSPS) is 26.5. The molecule has 0 spiro atoms. The Bertz CT molecular complexity index is 2660. The van der Waals surface area contributed by atoms with Crippen LogP contribution in [0.2, 0.25) is 0 Å². The fourth-order valence-electron chi connectivity index (χ4n) is 12.2. The molecule has 0 bridgehead atoms. The van der Waals surface area contributed by atoms with Gasteiger partial charge in [0, 0.05) is 59.9 Å². The van der Waals surface area contributed by atoms with E-state index in [0.717, 1.165) is 29.1 Å². The second-order valence-corrected chi connectivity index (χ2v) is 25.3. The van der Waals surface area contributed by atoms with Crippen molar-refractivity contribution in [2.24, 2.45) is 23.7 Å². The van der Waals surface area contributed by atoms with Crippen LogP contribution in [0, 0.1) is 23.7 Å². The summed E-state index contributed by atoms with van der Waals surface area (Å²) in [5.74, 6) is -9.86. The highest BCUT2D eigenvalue weighted by atomic mass is 16.6. The van der Waals surface area contributed by atoms with Gasteiger partial charge in [0.1, 0.15) is 48.4 Å². The highest BCUT2D eigenvalue weighted by Gasteiger charge is 2.48. The van der Waals surface area contributed by atoms with E-state index in [1.165, 1.54) is 56.7 Å². The number of rotatable bonds is 15. The quantitative estimate of drug-likeness (QED) is 0.172. The summed E-state index contributed by atoms with van der Waals surface area (Å²) in [5, 5.41) is 20.5. The Morgan fingerprint density at radius 3 is 1.64 bits per heavy atom. The maximum absolute atomic E-state index is 15.4. The number of fused-ring (bicyclic) bond motifs is 1. The predicted octanol–water partition coefficient (Wildman–Crippen LogP) is 4.98. The molecule has 476 valence electrons. The lowest BCUT2D eigenvalue weighted by molar-refractivity contribution is -0.177. The molecule has 3 fully saturated rings. The van der Waals surface area contributed by atoms with Crippen LogP contribution < -0.4 is 16.0 Å². The van der Waals surface area contributed by atoms with Gasteiger partial charge >= 0.3 is 11.9 Å². The van der Waals surface area contributed by atoms with Crippen molar-refractivity contribution in [3.8, 4) is 0 Å². The molecule has 8 amide bonds. The number of amides is 8. The lowest BCUT2D eigenvalue weighted by Gasteiger charge is -2.39. The first-order valence-corrected chi connectivity index (χ1v) is 31.0. The summed E-state index contributed by atoms with van der Waals surface area (Å²) in [6.07, 6.45) is 2.94. The minimum atomic E-state index is -2.07. The molecule has 1 aliphatic carbocycles. The Morgan fingerprint density at radius 1 is 0.605 bits per heavy atom. The molecule has 0 aromatic heterocycles. The van der Waals surface area contributed by atoms with E-state index in [4.69, 9.17) is 9.47 Å². The molecule has 21 nitrogen and oxygen atoms in total. The lowest BCUT2D eigenvalue weighted by atomic mass is 9.94. The highest BCUT2D eigenvalue weighted by Crippen LogP contribution is 2.28. The van der Waals surface area contributed by atoms with E-state index < -0.39 is 143 Å². The van der Waals surface area contributed by atoms with Crippen molar-refractivity contribution in [3.05, 3.63) is 71.8 Å². The maximum Gasteiger partial charge on any atom is 0.332 e. The SMILES string of the molecule is CC[C@@H](C)[C@@H]1NC(=O)[C@@H]2CCCN2C(=O)[C@H](Cc2ccccc2)N(C)C(=O)[C@H](Cc2ccccc2)NC(=O)[C@H](C(C)C)N(C)C(=O)[C@@H]([C@H](C)CC)OC(=O)[C@H](C(C)(C)O)N(C)C(=O)[C@H](CCC(=O)OC2CCCCC2)NC(=O)[C@H](C(C)C)N(C)C1=O. The molecule has 3 aliphatic rings. The number of carbonyl (C=O) groups is 10. The zero-order valence-corrected chi connectivity index (χ0v) is 53.3. The number of carbonyl (C=O) groups excluding carboxylic acids is 10. The smallest absolute Gasteiger partial charge is 0.332 e. The Balaban J connectivity index is 1.69. The highest BCUT2D eigenvalue weighted by molar-refractivity contribution is 5.99. The molecule has 2 aliphatic heterocycles. The van der Waals surface area contributed by atoms with Crippen LogP contribution in [0.25, 0.3) is 0 Å². The molecule has 11 atom stereocenters. The molecule has 2 aromatic rings. The molecule has 86 heavy (non-hydrogen) atoms. The van der Waals surface area contributed by atoms with E-state index in [9.17, 15) is 24.3 Å². The predicted molar refractivity (Wildman–Crippen MR) is 324 cm³/mol. The molecular formula is C65H98N8O13. The molecule has 21 heteroatoms. The summed E-state index contributed by atoms with van der Waals surface area (Å²) in [6.45, 7) is 16.6. The third-order valence-corrected chi connectivity index (χ3v) is 17.6. The number of benzene rings is 2. The van der Waals surface area contributed by atoms with Crippen molar-refractivity contribution in [2.45, 2.75) is 219 Å². The minimum Gasteiger partial charge on any atom is -0.462 e. The van der Waals surface area contributed by atoms with Crippen LogP contribution in [0.3, 0.4) is 0 Å². The molecule has 2 saturated heterocycles. The second-order valence-electron chi connectivity index (χ2n) is 25.3. The first-order valence-electron chi connectivity index (χ1n) is 31.0. The zero-order valence-electron chi connectivity index (χ0n) is 53.3. The largest absolute Gasteiger partial charge is 0.462 e. The first kappa shape index (κ1) is 69.9. The van der Waals surface area contributed by atoms with Gasteiger partial charge in [-0.2, -0.15) is 0 Å². The van der Waals surface area contributed by atoms with Gasteiger partial charge in [0.05, 0.1) is 5.60 Å². The standard InChI is InChI=1S/C65H98N8O13/c1-15-41(7)51-62(81)70(12)52(39(3)4)57(76)66-46(34-35-50(74)85-45-31-24-19-25-32-45)59(78)72(14)55(65(9,10)84)64(83)86-54(42(8)16-2)63(82)71(13)53(40(5)6)58(77)67-47(37-43-27-20-17-21-28-43)60(79)69(11)49(38-44-29-22-18-23-30-44)61(80)73-36-26-33-48(73)56(75)68-51/h17-18,20-23,27-30,39-42,45-49,51-55,84H,15-16,19,24-26,31-38H2,1-14H3,(H,66,76)(H,67,77)(H,68,75)/t41-,42-,46+,47+,48+,49+,51+,52+,53+,54-,55-/m1/s1. The van der Waals surface area contributed by atoms with Crippen LogP contribution in [0.1, 0.15) is 151 Å². The first-order chi connectivity index (χ1) is 40.5. The number of esters is 2. The Hall–Kier alpha value is -6.90. The van der Waals surface area contributed by atoms with Gasteiger partial charge in [-0.05, 0) is 94.1 Å². The summed E-state index contributed by atoms with van der Waals surface area (Å²) in [6, 6.07) is 7.32. The van der Waals surface area contributed by atoms with Gasteiger partial charge in [0.2, 0.25) is 41.4 Å². The van der Waals surface area contributed by atoms with Crippen LogP contribution in [0.5, 0.6) is 0 Å². The van der Waals surface area contributed by atoms with Crippen LogP contribution in [0.15, 0.2) is 60.7 Å². The monoisotopic (exact) mass is 1200 g/mol. The third kappa shape index (κ3) is 17.9. The fourth-order valence-corrected chi connectivity index (χ4v) is 12.2. The molecule has 2 aromatic carbocycles. The van der Waals surface area contributed by atoms with Gasteiger partial charge in [-0.25, -0.2) is 4.79 Å². The lowest BCUT2D eigenvalue weighted by Crippen LogP contribution is -2.63. The molecule has 5 rings (SSSR count). The summed E-state index contributed by atoms with van der Waals surface area (Å²) in [7, 11) is 5.53. The number of ether oxygens (including phenoxy) is 2. The van der Waals surface area contributed by atoms with Gasteiger partial charge in [-0.1, -0.05) is 129 Å². The van der Waals surface area contributed by atoms with Gasteiger partial charge < -0.3 is 55.0 Å². The average molecular weight is 1200 g/mol. The van der Waals surface area contributed by atoms with Crippen LogP contribution in [-0.4, -0.2) is 190 Å². The number of aliphatic hydroxyl groups is 1. The number of nitrogens with zero attached hydrogens (tertiary/aromatic N) is 5. The van der Waals surface area contributed by atoms with E-state index in [1.807, 2.05) is 43.3 Å². The van der Waals surface area contributed by atoms with Crippen LogP contribution in [0.4, 0.5) is 0 Å². The van der Waals surface area contributed by atoms with E-state index in [1.54, 1.807) is 72.7 Å². The van der Waals surface area contributed by atoms with Crippen molar-refractivity contribution < 1.29 is 62.5 Å². The third-order valence-electron chi connectivity index (χ3n) is 17.6. The Morgan fingerprint density at radius 2 is 1.12 bits per heavy atom. The van der Waals surface area contributed by atoms with Crippen molar-refractivity contribution in [1.82, 2.24) is 40.4 Å². The summed E-state index contributed by atoms with van der Waals surface area (Å²) in [5.41, 5.74) is -0.678. The van der Waals surface area contributed by atoms with Crippen LogP contribution >= 0.6 is 0 Å². The van der Waals surface area contributed by atoms with E-state index >= 15 is 28.8 Å². The molecule has 0 unspecified atom stereocenters. The molecule has 1 saturated carbocycles. The van der Waals surface area contributed by atoms with Crippen molar-refractivity contribution in [2.75, 3.05) is 34.7 Å². The van der Waals surface area contributed by atoms with Crippen molar-refractivity contribution in [3.63, 3.8) is 0 Å². The number of likely N-dealkylation sites (N-methyl/N-ethyl adjacent to an activating group) is 4. The topological polar surface area (TPSA) is 262 Å². The van der Waals surface area contributed by atoms with E-state index in [-0.39, 0.29) is 44.8 Å². The number of nitrogens with one attached hydrogen (secondary N) is 3. The molecule has 0 radical (unpaired) electrons. The Labute approximate surface area is 509 Å². The summed E-state index contributed by atoms with van der Waals surface area (Å²) < 4.78 is 11.9. The molecule has 2 heterocycles. The fraction of sp³-hybridized carbons (Fsp3) is 0.662. The van der Waals surface area contributed by atoms with Crippen molar-refractivity contribution in [1.29, 1.82) is 0 Å². The summed E-state index contributed by atoms with van der Waals surface area (Å²) >= 11 is 0. The van der Waals surface area contributed by atoms with Crippen molar-refractivity contribution >= 4 is 59.2 Å². The summed E-state index contributed by atoms with van der Waals surface area (Å²) in [4.78, 5) is 155. The van der Waals surface area contributed by atoms with Gasteiger partial charge in [0.15, 0.2) is 12.1 Å². The van der Waals surface area contributed by atoms with E-state index in [2.05, 4.69) is 16.0 Å². The van der Waals surface area contributed by atoms with Crippen LogP contribution in [-0.2, 0) is 70.3 Å². The minimum absolute atomic E-state index is 0.0267. The maximum atomic E-state index is 15.4. The number of hydrogen-bond acceptors (Lipinski definition) is 13. The van der Waals surface area contributed by atoms with E-state index in [0.29, 0.717) is 43.2 Å². The van der Waals surface area contributed by atoms with Gasteiger partial charge in [-0.15, -0.1) is 0 Å². The van der Waals surface area contributed by atoms with Gasteiger partial charge in [0.25, 0.3) is 5.91 Å². The molecular weight excluding hydrogens is 1100 g/mol. The number of hydrogen-bond donors (Lipinski definition) is 4. The zero-order chi connectivity index (χ0) is 63.9. The second kappa shape index (κ2) is 31.7. The average Bonchev–Trinajstić information content (AvgIpc) is 3.13. The van der Waals surface area contributed by atoms with Gasteiger partial charge in [-0.3, -0.25) is 43.2 Å².